The highest BCUT2D eigenvalue weighted by Gasteiger charge is 2.24. The van der Waals surface area contributed by atoms with E-state index in [-0.39, 0.29) is 0 Å². The SMILES string of the molecule is CCCC[N+](CCCC)(CCCC)CCCC.O=[P+]([O-])Oc1ccccc1. The number of hydrogen-bond acceptors (Lipinski definition) is 3. The Morgan fingerprint density at radius 3 is 1.44 bits per heavy atom. The monoisotopic (exact) mass is 398 g/mol. The molecule has 0 amide bonds. The molecule has 0 bridgehead atoms. The van der Waals surface area contributed by atoms with Crippen molar-refractivity contribution in [1.29, 1.82) is 0 Å². The molecule has 0 radical (unpaired) electrons. The molecule has 0 aliphatic heterocycles. The maximum Gasteiger partial charge on any atom is 0.539 e. The zero-order valence-corrected chi connectivity index (χ0v) is 18.9. The van der Waals surface area contributed by atoms with Gasteiger partial charge in [0.25, 0.3) is 0 Å². The minimum atomic E-state index is -2.78. The van der Waals surface area contributed by atoms with E-state index < -0.39 is 8.25 Å². The predicted octanol–water partition coefficient (Wildman–Crippen LogP) is 6.09. The summed E-state index contributed by atoms with van der Waals surface area (Å²) < 4.78 is 15.8. The number of nitrogens with zero attached hydrogens (tertiary/aromatic N) is 1. The summed E-state index contributed by atoms with van der Waals surface area (Å²) in [7, 11) is -2.78. The molecule has 5 heteroatoms. The molecule has 0 aliphatic carbocycles. The van der Waals surface area contributed by atoms with Gasteiger partial charge in [-0.3, -0.25) is 4.52 Å². The Morgan fingerprint density at radius 1 is 0.778 bits per heavy atom. The molecule has 1 unspecified atom stereocenters. The van der Waals surface area contributed by atoms with E-state index in [9.17, 15) is 9.46 Å². The minimum Gasteiger partial charge on any atom is -0.558 e. The lowest BCUT2D eigenvalue weighted by atomic mass is 10.1. The van der Waals surface area contributed by atoms with Gasteiger partial charge in [0.1, 0.15) is 0 Å². The van der Waals surface area contributed by atoms with Gasteiger partial charge in [0.2, 0.25) is 0 Å². The fourth-order valence-electron chi connectivity index (χ4n) is 3.21. The van der Waals surface area contributed by atoms with Crippen LogP contribution < -0.4 is 9.42 Å². The predicted molar refractivity (Wildman–Crippen MR) is 114 cm³/mol. The van der Waals surface area contributed by atoms with Crippen molar-refractivity contribution >= 4 is 8.25 Å². The first-order chi connectivity index (χ1) is 13.0. The summed E-state index contributed by atoms with van der Waals surface area (Å²) in [5.74, 6) is 0.346. The van der Waals surface area contributed by atoms with Crippen LogP contribution in [0.4, 0.5) is 0 Å². The Kier molecular flexibility index (Phi) is 16.5. The first-order valence-corrected chi connectivity index (χ1v) is 11.9. The standard InChI is InChI=1S/C16H36N.C6H5O3P/c1-5-9-13-17(14-10-6-2,15-11-7-3)16-12-8-4;7-10(8)9-6-4-2-1-3-5-6/h5-16H2,1-4H3;1-5H/q+1;. The molecule has 0 aliphatic rings. The third-order valence-corrected chi connectivity index (χ3v) is 5.23. The van der Waals surface area contributed by atoms with Gasteiger partial charge in [-0.2, -0.15) is 0 Å². The maximum absolute atomic E-state index is 9.98. The van der Waals surface area contributed by atoms with Gasteiger partial charge in [-0.25, -0.2) is 0 Å². The zero-order chi connectivity index (χ0) is 20.4. The lowest BCUT2D eigenvalue weighted by Gasteiger charge is -2.39. The van der Waals surface area contributed by atoms with Crippen molar-refractivity contribution in [2.24, 2.45) is 0 Å². The van der Waals surface area contributed by atoms with Crippen LogP contribution in [0.3, 0.4) is 0 Å². The van der Waals surface area contributed by atoms with Crippen molar-refractivity contribution in [2.45, 2.75) is 79.1 Å². The van der Waals surface area contributed by atoms with Gasteiger partial charge in [-0.15, -0.1) is 0 Å². The molecule has 0 N–H and O–H groups in total. The zero-order valence-electron chi connectivity index (χ0n) is 18.0. The van der Waals surface area contributed by atoms with Crippen molar-refractivity contribution in [3.63, 3.8) is 0 Å². The molecule has 0 aromatic heterocycles. The van der Waals surface area contributed by atoms with E-state index in [4.69, 9.17) is 0 Å². The molecule has 0 spiro atoms. The molecule has 0 saturated carbocycles. The van der Waals surface area contributed by atoms with Crippen LogP contribution in [-0.4, -0.2) is 30.7 Å². The Morgan fingerprint density at radius 2 is 1.15 bits per heavy atom. The average molecular weight is 399 g/mol. The van der Waals surface area contributed by atoms with Crippen LogP contribution in [0, 0.1) is 0 Å². The first kappa shape index (κ1) is 26.0. The van der Waals surface area contributed by atoms with Crippen LogP contribution in [0.5, 0.6) is 5.75 Å². The molecule has 0 heterocycles. The average Bonchev–Trinajstić information content (AvgIpc) is 2.68. The lowest BCUT2D eigenvalue weighted by Crippen LogP contribution is -2.50. The Balaban J connectivity index is 0.000000569. The Bertz CT molecular complexity index is 430. The van der Waals surface area contributed by atoms with Crippen LogP contribution in [0.25, 0.3) is 0 Å². The molecule has 1 aromatic rings. The number of quaternary nitrogens is 1. The van der Waals surface area contributed by atoms with E-state index >= 15 is 0 Å². The molecule has 27 heavy (non-hydrogen) atoms. The van der Waals surface area contributed by atoms with Crippen LogP contribution in [0.15, 0.2) is 30.3 Å². The van der Waals surface area contributed by atoms with E-state index in [2.05, 4.69) is 32.2 Å². The van der Waals surface area contributed by atoms with Gasteiger partial charge >= 0.3 is 8.25 Å². The van der Waals surface area contributed by atoms with Crippen LogP contribution in [-0.2, 0) is 4.57 Å². The summed E-state index contributed by atoms with van der Waals surface area (Å²) in [6, 6.07) is 8.34. The van der Waals surface area contributed by atoms with Crippen molar-refractivity contribution < 1.29 is 18.5 Å². The topological polar surface area (TPSA) is 49.4 Å². The molecule has 0 fully saturated rings. The summed E-state index contributed by atoms with van der Waals surface area (Å²) >= 11 is 0. The third-order valence-electron chi connectivity index (χ3n) is 4.87. The molecule has 0 saturated heterocycles. The lowest BCUT2D eigenvalue weighted by molar-refractivity contribution is -0.929. The van der Waals surface area contributed by atoms with Gasteiger partial charge in [0.05, 0.1) is 26.2 Å². The molecule has 156 valence electrons. The summed E-state index contributed by atoms with van der Waals surface area (Å²) in [6.45, 7) is 15.0. The quantitative estimate of drug-likeness (QED) is 0.281. The number of unbranched alkanes of at least 4 members (excludes halogenated alkanes) is 4. The molecule has 1 aromatic carbocycles. The van der Waals surface area contributed by atoms with Crippen LogP contribution >= 0.6 is 8.25 Å². The second-order valence-electron chi connectivity index (χ2n) is 7.28. The largest absolute Gasteiger partial charge is 0.558 e. The second-order valence-corrected chi connectivity index (χ2v) is 7.91. The summed E-state index contributed by atoms with van der Waals surface area (Å²) in [4.78, 5) is 9.98. The molecule has 4 nitrogen and oxygen atoms in total. The molecular formula is C22H41NO3P+. The summed E-state index contributed by atoms with van der Waals surface area (Å²) in [5, 5.41) is 0. The number of hydrogen-bond donors (Lipinski definition) is 0. The Labute approximate surface area is 168 Å². The third kappa shape index (κ3) is 13.8. The maximum atomic E-state index is 9.98. The van der Waals surface area contributed by atoms with Gasteiger partial charge in [-0.05, 0) is 42.4 Å². The molecule has 1 atom stereocenters. The van der Waals surface area contributed by atoms with Gasteiger partial charge in [0.15, 0.2) is 5.75 Å². The minimum absolute atomic E-state index is 0.346. The van der Waals surface area contributed by atoms with Crippen molar-refractivity contribution in [3.05, 3.63) is 30.3 Å². The van der Waals surface area contributed by atoms with Crippen LogP contribution in [0.1, 0.15) is 79.1 Å². The van der Waals surface area contributed by atoms with Crippen molar-refractivity contribution in [1.82, 2.24) is 0 Å². The number of para-hydroxylation sites is 1. The summed E-state index contributed by atoms with van der Waals surface area (Å²) in [6.07, 6.45) is 11.1. The van der Waals surface area contributed by atoms with E-state index in [1.807, 2.05) is 0 Å². The summed E-state index contributed by atoms with van der Waals surface area (Å²) in [5.41, 5.74) is 0. The Hall–Kier alpha value is -0.960. The van der Waals surface area contributed by atoms with Gasteiger partial charge in [0, 0.05) is 0 Å². The van der Waals surface area contributed by atoms with E-state index in [0.29, 0.717) is 5.75 Å². The highest BCUT2D eigenvalue weighted by Crippen LogP contribution is 2.18. The number of rotatable bonds is 14. The van der Waals surface area contributed by atoms with E-state index in [1.165, 1.54) is 82.0 Å². The highest BCUT2D eigenvalue weighted by atomic mass is 31.1. The second kappa shape index (κ2) is 17.2. The fraction of sp³-hybridized carbons (Fsp3) is 0.727. The van der Waals surface area contributed by atoms with Crippen molar-refractivity contribution in [3.8, 4) is 5.75 Å². The molecular weight excluding hydrogens is 357 g/mol. The number of benzene rings is 1. The van der Waals surface area contributed by atoms with E-state index in [1.54, 1.807) is 30.3 Å². The van der Waals surface area contributed by atoms with Crippen molar-refractivity contribution in [2.75, 3.05) is 26.2 Å². The first-order valence-electron chi connectivity index (χ1n) is 10.8. The highest BCUT2D eigenvalue weighted by molar-refractivity contribution is 7.31. The van der Waals surface area contributed by atoms with Gasteiger partial charge < -0.3 is 9.38 Å². The van der Waals surface area contributed by atoms with E-state index in [0.717, 1.165) is 0 Å². The fourth-order valence-corrected chi connectivity index (χ4v) is 3.51. The molecule has 1 rings (SSSR count). The smallest absolute Gasteiger partial charge is 0.539 e. The normalized spacial score (nSPS) is 11.5. The van der Waals surface area contributed by atoms with Gasteiger partial charge in [-0.1, -0.05) is 71.6 Å². The van der Waals surface area contributed by atoms with Crippen LogP contribution in [0.2, 0.25) is 0 Å².